The molecule has 0 amide bonds. The van der Waals surface area contributed by atoms with Crippen LogP contribution in [0.2, 0.25) is 10.0 Å². The molecular formula is C60H45BCl2F6O5P2. The topological polar surface area (TPSA) is 61.8 Å². The number of ketones is 2. The quantitative estimate of drug-likeness (QED) is 0.0371. The molecule has 0 radical (unpaired) electrons. The van der Waals surface area contributed by atoms with Crippen molar-refractivity contribution in [1.82, 2.24) is 0 Å². The predicted octanol–water partition coefficient (Wildman–Crippen LogP) is 14.1. The van der Waals surface area contributed by atoms with Gasteiger partial charge in [0.05, 0.1) is 0 Å². The second kappa shape index (κ2) is 21.6. The standard InChI is InChI=1S/C60H45BCl2F6O5P2/c62-48-23-19-21-44(37-48)57(70)42-75(51-25-7-1-8-26-51,52-27-9-2-10-28-52,53-29-11-3-12-30-53)73-61(72-50-40-46(59(64,65)66)39-47(41-50)60(67,68)69)74-76(54-31-13-4-14-32-54,55-33-15-5-16-34-55,56-35-17-6-18-36-56)43-58(71)45-22-20-24-49(63)38-45/h1-41H,42-43H2. The molecule has 0 spiro atoms. The van der Waals surface area contributed by atoms with E-state index in [1.54, 1.807) is 218 Å². The molecule has 5 nitrogen and oxygen atoms in total. The summed E-state index contributed by atoms with van der Waals surface area (Å²) in [6.45, 7) is -10.7. The molecule has 0 aliphatic heterocycles. The van der Waals surface area contributed by atoms with Gasteiger partial charge in [-0.15, -0.1) is 0 Å². The van der Waals surface area contributed by atoms with Gasteiger partial charge in [0, 0.05) is 0 Å². The van der Waals surface area contributed by atoms with E-state index in [1.165, 1.54) is 12.1 Å². The first-order chi connectivity index (χ1) is 36.4. The molecule has 0 fully saturated rings. The fraction of sp³-hybridized carbons (Fsp3) is 0.0667. The summed E-state index contributed by atoms with van der Waals surface area (Å²) in [5.74, 6) is -1.96. The van der Waals surface area contributed by atoms with E-state index in [1.807, 2.05) is 0 Å². The Morgan fingerprint density at radius 1 is 0.382 bits per heavy atom. The maximum atomic E-state index is 15.6. The third-order valence-corrected chi connectivity index (χ3v) is 25.3. The van der Waals surface area contributed by atoms with Crippen molar-refractivity contribution in [3.8, 4) is 5.75 Å². The van der Waals surface area contributed by atoms with Crippen molar-refractivity contribution >= 4 is 87.6 Å². The van der Waals surface area contributed by atoms with E-state index in [2.05, 4.69) is 0 Å². The van der Waals surface area contributed by atoms with E-state index in [0.29, 0.717) is 44.0 Å². The fourth-order valence-electron chi connectivity index (χ4n) is 9.94. The summed E-state index contributed by atoms with van der Waals surface area (Å²) >= 11 is 13.1. The molecular weight excluding hydrogens is 1060 g/mol. The number of carbonyl (C=O) groups excluding carboxylic acids is 2. The van der Waals surface area contributed by atoms with Gasteiger partial charge in [-0.2, -0.15) is 0 Å². The van der Waals surface area contributed by atoms with E-state index in [9.17, 15) is 26.3 Å². The normalized spacial score (nSPS) is 13.1. The molecule has 9 aromatic carbocycles. The minimum atomic E-state index is -5.33. The van der Waals surface area contributed by atoms with E-state index >= 15 is 9.59 Å². The van der Waals surface area contributed by atoms with Crippen LogP contribution < -0.4 is 36.5 Å². The molecule has 76 heavy (non-hydrogen) atoms. The number of rotatable bonds is 18. The van der Waals surface area contributed by atoms with Crippen LogP contribution in [0.1, 0.15) is 31.8 Å². The van der Waals surface area contributed by atoms with Crippen molar-refractivity contribution in [3.63, 3.8) is 0 Å². The van der Waals surface area contributed by atoms with Gasteiger partial charge < -0.3 is 0 Å². The molecule has 0 heterocycles. The Bertz CT molecular complexity index is 3070. The Hall–Kier alpha value is -6.88. The third-order valence-electron chi connectivity index (χ3n) is 13.4. The Morgan fingerprint density at radius 2 is 0.658 bits per heavy atom. The Morgan fingerprint density at radius 3 is 0.908 bits per heavy atom. The van der Waals surface area contributed by atoms with Crippen LogP contribution >= 0.6 is 36.9 Å². The van der Waals surface area contributed by atoms with E-state index in [0.717, 1.165) is 0 Å². The van der Waals surface area contributed by atoms with Crippen LogP contribution in [0.4, 0.5) is 26.3 Å². The molecule has 0 atom stereocenters. The molecule has 0 aliphatic carbocycles. The Labute approximate surface area is 446 Å². The molecule has 9 rings (SSSR count). The zero-order chi connectivity index (χ0) is 53.7. The zero-order valence-electron chi connectivity index (χ0n) is 40.1. The van der Waals surface area contributed by atoms with Crippen LogP contribution in [0.25, 0.3) is 0 Å². The monoisotopic (exact) mass is 1100 g/mol. The second-order valence-electron chi connectivity index (χ2n) is 18.0. The van der Waals surface area contributed by atoms with Gasteiger partial charge in [-0.05, 0) is 0 Å². The first-order valence-electron chi connectivity index (χ1n) is 23.7. The average molecular weight is 1100 g/mol. The maximum absolute atomic E-state index is 15.6. The van der Waals surface area contributed by atoms with Gasteiger partial charge in [-0.1, -0.05) is 0 Å². The van der Waals surface area contributed by atoms with Crippen LogP contribution in [0.3, 0.4) is 0 Å². The summed E-state index contributed by atoms with van der Waals surface area (Å²) in [6.07, 6.45) is -11.7. The number of carbonyl (C=O) groups is 2. The minimum absolute atomic E-state index is 0.00721. The van der Waals surface area contributed by atoms with E-state index in [-0.39, 0.29) is 27.2 Å². The number of alkyl halides is 6. The SMILES string of the molecule is O=C(CP(OB(Oc1cc(C(F)(F)F)cc(C(F)(F)F)c1)OP(CC(=O)c1cccc(Cl)c1)(c1ccccc1)(c1ccccc1)c1ccccc1)(c1ccccc1)(c1ccccc1)c1ccccc1)c1cccc(Cl)c1. The van der Waals surface area contributed by atoms with Crippen molar-refractivity contribution < 1.29 is 49.5 Å². The van der Waals surface area contributed by atoms with Gasteiger partial charge in [-0.3, -0.25) is 0 Å². The molecule has 384 valence electrons. The number of benzene rings is 9. The molecule has 9 aromatic rings. The molecule has 0 bridgehead atoms. The molecule has 0 saturated heterocycles. The molecule has 0 aromatic heterocycles. The number of Topliss-reactive ketones (excluding diaryl/α,β-unsaturated/α-hetero) is 2. The van der Waals surface area contributed by atoms with E-state index in [4.69, 9.17) is 36.7 Å². The zero-order valence-corrected chi connectivity index (χ0v) is 43.4. The molecule has 0 unspecified atom stereocenters. The molecule has 0 aliphatic rings. The van der Waals surface area contributed by atoms with Gasteiger partial charge in [0.25, 0.3) is 0 Å². The fourth-order valence-corrected chi connectivity index (χ4v) is 21.4. The number of halogens is 8. The summed E-state index contributed by atoms with van der Waals surface area (Å²) in [5.41, 5.74) is -3.02. The van der Waals surface area contributed by atoms with Crippen LogP contribution in [-0.4, -0.2) is 31.2 Å². The van der Waals surface area contributed by atoms with Crippen LogP contribution in [0, 0.1) is 0 Å². The third kappa shape index (κ3) is 10.3. The predicted molar refractivity (Wildman–Crippen MR) is 297 cm³/mol. The average Bonchev–Trinajstić information content (AvgIpc) is 3.50. The van der Waals surface area contributed by atoms with Crippen molar-refractivity contribution in [2.75, 3.05) is 12.3 Å². The Balaban J connectivity index is 1.47. The first-order valence-corrected chi connectivity index (χ1v) is 29.2. The van der Waals surface area contributed by atoms with Crippen molar-refractivity contribution in [1.29, 1.82) is 0 Å². The van der Waals surface area contributed by atoms with Gasteiger partial charge in [0.15, 0.2) is 0 Å². The van der Waals surface area contributed by atoms with Crippen molar-refractivity contribution in [3.05, 3.63) is 281 Å². The van der Waals surface area contributed by atoms with Crippen LogP contribution in [-0.2, 0) is 21.2 Å². The molecule has 0 N–H and O–H groups in total. The van der Waals surface area contributed by atoms with Crippen LogP contribution in [0.5, 0.6) is 5.75 Å². The summed E-state index contributed by atoms with van der Waals surface area (Å²) < 4.78 is 113. The van der Waals surface area contributed by atoms with Crippen molar-refractivity contribution in [2.24, 2.45) is 0 Å². The Kier molecular flexibility index (Phi) is 15.4. The van der Waals surface area contributed by atoms with Gasteiger partial charge >= 0.3 is 448 Å². The van der Waals surface area contributed by atoms with Gasteiger partial charge in [0.2, 0.25) is 0 Å². The number of hydrogen-bond donors (Lipinski definition) is 0. The summed E-state index contributed by atoms with van der Waals surface area (Å²) in [7, 11) is -2.42. The van der Waals surface area contributed by atoms with Gasteiger partial charge in [0.1, 0.15) is 0 Å². The number of hydrogen-bond acceptors (Lipinski definition) is 5. The van der Waals surface area contributed by atoms with E-state index < -0.39 is 74.1 Å². The van der Waals surface area contributed by atoms with Gasteiger partial charge in [-0.25, -0.2) is 0 Å². The summed E-state index contributed by atoms with van der Waals surface area (Å²) in [6, 6.07) is 65.8. The van der Waals surface area contributed by atoms with Crippen molar-refractivity contribution in [2.45, 2.75) is 12.4 Å². The second-order valence-corrected chi connectivity index (χ2v) is 27.9. The molecule has 0 saturated carbocycles. The first kappa shape index (κ1) is 53.9. The molecule has 16 heteroatoms. The summed E-state index contributed by atoms with van der Waals surface area (Å²) in [4.78, 5) is 31.3. The summed E-state index contributed by atoms with van der Waals surface area (Å²) in [5, 5.41) is 2.87. The van der Waals surface area contributed by atoms with Crippen LogP contribution in [0.15, 0.2) is 249 Å².